The molecule has 0 saturated carbocycles. The molecule has 0 spiro atoms. The average molecular weight is 286 g/mol. The molecule has 2 aromatic heterocycles. The molecule has 3 N–H and O–H groups in total. The lowest BCUT2D eigenvalue weighted by atomic mass is 10.2. The maximum Gasteiger partial charge on any atom is 0.278 e. The second-order valence-electron chi connectivity index (χ2n) is 5.12. The molecule has 7 heteroatoms. The monoisotopic (exact) mass is 286 g/mol. The van der Waals surface area contributed by atoms with Crippen LogP contribution in [0.5, 0.6) is 0 Å². The van der Waals surface area contributed by atoms with Crippen molar-refractivity contribution in [2.24, 2.45) is 0 Å². The summed E-state index contributed by atoms with van der Waals surface area (Å²) in [4.78, 5) is 28.9. The summed E-state index contributed by atoms with van der Waals surface area (Å²) >= 11 is 0. The first-order chi connectivity index (χ1) is 9.86. The summed E-state index contributed by atoms with van der Waals surface area (Å²) in [5, 5.41) is 2.62. The molecule has 0 saturated heterocycles. The first-order valence-electron chi connectivity index (χ1n) is 6.63. The van der Waals surface area contributed by atoms with Crippen LogP contribution in [0.3, 0.4) is 0 Å². The lowest BCUT2D eigenvalue weighted by Crippen LogP contribution is -2.19. The minimum absolute atomic E-state index is 0.106. The highest BCUT2D eigenvalue weighted by Gasteiger charge is 2.16. The van der Waals surface area contributed by atoms with Crippen LogP contribution in [0.2, 0.25) is 0 Å². The molecule has 0 bridgehead atoms. The molecular formula is C14H18N6O. The van der Waals surface area contributed by atoms with E-state index >= 15 is 0 Å². The van der Waals surface area contributed by atoms with Crippen LogP contribution in [0.1, 0.15) is 47.5 Å². The number of amides is 1. The molecule has 0 radical (unpaired) electrons. The fourth-order valence-electron chi connectivity index (χ4n) is 1.81. The molecular weight excluding hydrogens is 268 g/mol. The van der Waals surface area contributed by atoms with Gasteiger partial charge in [0.05, 0.1) is 11.9 Å². The summed E-state index contributed by atoms with van der Waals surface area (Å²) in [5.41, 5.74) is 7.69. The van der Waals surface area contributed by atoms with E-state index in [4.69, 9.17) is 5.73 Å². The Morgan fingerprint density at radius 1 is 1.19 bits per heavy atom. The summed E-state index contributed by atoms with van der Waals surface area (Å²) in [7, 11) is 0. The van der Waals surface area contributed by atoms with Crippen LogP contribution in [-0.4, -0.2) is 25.8 Å². The van der Waals surface area contributed by atoms with Gasteiger partial charge in [-0.3, -0.25) is 10.1 Å². The van der Waals surface area contributed by atoms with Gasteiger partial charge in [-0.15, -0.1) is 0 Å². The predicted molar refractivity (Wildman–Crippen MR) is 80.0 cm³/mol. The highest BCUT2D eigenvalue weighted by molar-refractivity contribution is 6.05. The van der Waals surface area contributed by atoms with Crippen molar-refractivity contribution in [3.05, 3.63) is 35.2 Å². The standard InChI is InChI=1S/C14H18N6O/c1-7(2)12-16-6-10(15)11(19-12)13(21)20-14-17-8(3)5-9(4)18-14/h5-7H,15H2,1-4H3,(H,17,18,20,21). The highest BCUT2D eigenvalue weighted by Crippen LogP contribution is 2.15. The van der Waals surface area contributed by atoms with Crippen molar-refractivity contribution < 1.29 is 4.79 Å². The van der Waals surface area contributed by atoms with Gasteiger partial charge < -0.3 is 5.73 Å². The Morgan fingerprint density at radius 3 is 2.38 bits per heavy atom. The fourth-order valence-corrected chi connectivity index (χ4v) is 1.81. The van der Waals surface area contributed by atoms with Crippen LogP contribution in [0.15, 0.2) is 12.3 Å². The molecule has 7 nitrogen and oxygen atoms in total. The van der Waals surface area contributed by atoms with E-state index in [1.54, 1.807) is 0 Å². The molecule has 0 aliphatic rings. The number of nitrogen functional groups attached to an aromatic ring is 1. The van der Waals surface area contributed by atoms with E-state index in [0.717, 1.165) is 11.4 Å². The number of aromatic nitrogens is 4. The highest BCUT2D eigenvalue weighted by atomic mass is 16.2. The van der Waals surface area contributed by atoms with Crippen LogP contribution >= 0.6 is 0 Å². The maximum absolute atomic E-state index is 12.3. The van der Waals surface area contributed by atoms with E-state index in [0.29, 0.717) is 5.82 Å². The fraction of sp³-hybridized carbons (Fsp3) is 0.357. The van der Waals surface area contributed by atoms with Crippen LogP contribution in [-0.2, 0) is 0 Å². The predicted octanol–water partition coefficient (Wildman–Crippen LogP) is 1.84. The maximum atomic E-state index is 12.3. The van der Waals surface area contributed by atoms with E-state index in [2.05, 4.69) is 25.3 Å². The van der Waals surface area contributed by atoms with E-state index in [9.17, 15) is 4.79 Å². The lowest BCUT2D eigenvalue weighted by molar-refractivity contribution is 0.102. The van der Waals surface area contributed by atoms with Crippen molar-refractivity contribution in [2.75, 3.05) is 11.1 Å². The third kappa shape index (κ3) is 3.50. The smallest absolute Gasteiger partial charge is 0.278 e. The zero-order chi connectivity index (χ0) is 15.6. The molecule has 0 aliphatic heterocycles. The molecule has 2 aromatic rings. The topological polar surface area (TPSA) is 107 Å². The number of rotatable bonds is 3. The van der Waals surface area contributed by atoms with Crippen molar-refractivity contribution in [3.63, 3.8) is 0 Å². The molecule has 0 aliphatic carbocycles. The Kier molecular flexibility index (Phi) is 4.11. The summed E-state index contributed by atoms with van der Waals surface area (Å²) in [6.45, 7) is 7.56. The first-order valence-corrected chi connectivity index (χ1v) is 6.63. The van der Waals surface area contributed by atoms with Gasteiger partial charge in [0.15, 0.2) is 5.69 Å². The Bertz CT molecular complexity index is 663. The van der Waals surface area contributed by atoms with Gasteiger partial charge in [-0.25, -0.2) is 19.9 Å². The van der Waals surface area contributed by atoms with Crippen LogP contribution < -0.4 is 11.1 Å². The number of anilines is 2. The Labute approximate surface area is 123 Å². The van der Waals surface area contributed by atoms with Crippen molar-refractivity contribution in [3.8, 4) is 0 Å². The van der Waals surface area contributed by atoms with Gasteiger partial charge in [-0.1, -0.05) is 13.8 Å². The number of nitrogens with zero attached hydrogens (tertiary/aromatic N) is 4. The molecule has 0 unspecified atom stereocenters. The normalized spacial score (nSPS) is 10.7. The van der Waals surface area contributed by atoms with Gasteiger partial charge in [0.25, 0.3) is 5.91 Å². The number of aryl methyl sites for hydroxylation is 2. The first kappa shape index (κ1) is 14.8. The Balaban J connectivity index is 2.29. The molecule has 2 heterocycles. The van der Waals surface area contributed by atoms with E-state index in [-0.39, 0.29) is 23.2 Å². The molecule has 1 amide bonds. The second-order valence-corrected chi connectivity index (χ2v) is 5.12. The second kappa shape index (κ2) is 5.82. The van der Waals surface area contributed by atoms with Gasteiger partial charge in [0, 0.05) is 17.3 Å². The Morgan fingerprint density at radius 2 is 1.81 bits per heavy atom. The molecule has 0 atom stereocenters. The SMILES string of the molecule is Cc1cc(C)nc(NC(=O)c2nc(C(C)C)ncc2N)n1. The number of carbonyl (C=O) groups excluding carboxylic acids is 1. The quantitative estimate of drug-likeness (QED) is 0.891. The summed E-state index contributed by atoms with van der Waals surface area (Å²) in [5.74, 6) is 0.466. The molecule has 21 heavy (non-hydrogen) atoms. The summed E-state index contributed by atoms with van der Waals surface area (Å²) < 4.78 is 0. The van der Waals surface area contributed by atoms with E-state index in [1.165, 1.54) is 6.20 Å². The number of carbonyl (C=O) groups is 1. The van der Waals surface area contributed by atoms with E-state index in [1.807, 2.05) is 33.8 Å². The van der Waals surface area contributed by atoms with Crippen LogP contribution in [0, 0.1) is 13.8 Å². The average Bonchev–Trinajstić information content (AvgIpc) is 2.37. The van der Waals surface area contributed by atoms with Gasteiger partial charge in [-0.2, -0.15) is 0 Å². The third-order valence-corrected chi connectivity index (χ3v) is 2.77. The van der Waals surface area contributed by atoms with Crippen molar-refractivity contribution in [1.82, 2.24) is 19.9 Å². The molecule has 2 rings (SSSR count). The summed E-state index contributed by atoms with van der Waals surface area (Å²) in [6, 6.07) is 1.82. The third-order valence-electron chi connectivity index (χ3n) is 2.77. The number of hydrogen-bond acceptors (Lipinski definition) is 6. The van der Waals surface area contributed by atoms with Gasteiger partial charge in [0.2, 0.25) is 5.95 Å². The lowest BCUT2D eigenvalue weighted by Gasteiger charge is -2.09. The van der Waals surface area contributed by atoms with Gasteiger partial charge in [-0.05, 0) is 19.9 Å². The molecule has 110 valence electrons. The van der Waals surface area contributed by atoms with Crippen LogP contribution in [0.25, 0.3) is 0 Å². The van der Waals surface area contributed by atoms with Crippen molar-refractivity contribution in [1.29, 1.82) is 0 Å². The molecule has 0 fully saturated rings. The van der Waals surface area contributed by atoms with Crippen molar-refractivity contribution in [2.45, 2.75) is 33.6 Å². The zero-order valence-electron chi connectivity index (χ0n) is 12.5. The number of hydrogen-bond donors (Lipinski definition) is 2. The molecule has 0 aromatic carbocycles. The minimum atomic E-state index is -0.443. The van der Waals surface area contributed by atoms with Crippen molar-refractivity contribution >= 4 is 17.5 Å². The van der Waals surface area contributed by atoms with Gasteiger partial charge in [0.1, 0.15) is 5.82 Å². The van der Waals surface area contributed by atoms with Crippen LogP contribution in [0.4, 0.5) is 11.6 Å². The number of nitrogens with two attached hydrogens (primary N) is 1. The zero-order valence-corrected chi connectivity index (χ0v) is 12.5. The van der Waals surface area contributed by atoms with Gasteiger partial charge >= 0.3 is 0 Å². The Hall–Kier alpha value is -2.57. The largest absolute Gasteiger partial charge is 0.396 e. The minimum Gasteiger partial charge on any atom is -0.396 e. The van der Waals surface area contributed by atoms with E-state index < -0.39 is 5.91 Å². The number of nitrogens with one attached hydrogen (secondary N) is 1. The summed E-state index contributed by atoms with van der Waals surface area (Å²) in [6.07, 6.45) is 1.44.